The van der Waals surface area contributed by atoms with Gasteiger partial charge >= 0.3 is 6.09 Å². The highest BCUT2D eigenvalue weighted by Gasteiger charge is 2.30. The van der Waals surface area contributed by atoms with E-state index in [2.05, 4.69) is 15.3 Å². The second-order valence-corrected chi connectivity index (χ2v) is 6.07. The first kappa shape index (κ1) is 15.8. The summed E-state index contributed by atoms with van der Waals surface area (Å²) in [6.45, 7) is 8.51. The molecule has 0 radical (unpaired) electrons. The molecular weight excluding hydrogens is 272 g/mol. The molecule has 0 aliphatic carbocycles. The number of hydrogen-bond acceptors (Lipinski definition) is 5. The van der Waals surface area contributed by atoms with Crippen molar-refractivity contribution in [2.24, 2.45) is 0 Å². The Morgan fingerprint density at radius 3 is 3.10 bits per heavy atom. The molecule has 1 unspecified atom stereocenters. The molecule has 1 aromatic rings. The van der Waals surface area contributed by atoms with E-state index in [1.54, 1.807) is 17.3 Å². The van der Waals surface area contributed by atoms with Crippen LogP contribution in [0.25, 0.3) is 0 Å². The zero-order valence-electron chi connectivity index (χ0n) is 12.9. The van der Waals surface area contributed by atoms with E-state index in [9.17, 15) is 4.79 Å². The molecule has 118 valence electrons. The molecule has 7 heteroatoms. The average molecular weight is 296 g/mol. The van der Waals surface area contributed by atoms with Gasteiger partial charge in [-0.2, -0.15) is 0 Å². The molecule has 0 spiro atoms. The standard InChI is InChI=1S/C14H24N4O3/c1-14(2,3)21-13(19)18-6-7-20-10-11(18)8-15-9-12-16-4-5-17-12/h4-5,11,15H,6-10H2,1-3H3,(H,16,17). The lowest BCUT2D eigenvalue weighted by molar-refractivity contribution is -0.0317. The highest BCUT2D eigenvalue weighted by molar-refractivity contribution is 5.68. The minimum absolute atomic E-state index is 0.0245. The predicted octanol–water partition coefficient (Wildman–Crippen LogP) is 1.14. The molecule has 1 fully saturated rings. The highest BCUT2D eigenvalue weighted by atomic mass is 16.6. The third-order valence-corrected chi connectivity index (χ3v) is 3.08. The maximum Gasteiger partial charge on any atom is 0.410 e. The number of hydrogen-bond donors (Lipinski definition) is 2. The fourth-order valence-corrected chi connectivity index (χ4v) is 2.14. The molecule has 0 aromatic carbocycles. The Morgan fingerprint density at radius 1 is 1.62 bits per heavy atom. The number of carbonyl (C=O) groups is 1. The van der Waals surface area contributed by atoms with Gasteiger partial charge in [-0.1, -0.05) is 0 Å². The van der Waals surface area contributed by atoms with Crippen LogP contribution in [0.4, 0.5) is 4.79 Å². The van der Waals surface area contributed by atoms with Crippen molar-refractivity contribution in [3.05, 3.63) is 18.2 Å². The molecule has 1 aromatic heterocycles. The number of aromatic nitrogens is 2. The van der Waals surface area contributed by atoms with Crippen LogP contribution >= 0.6 is 0 Å². The van der Waals surface area contributed by atoms with E-state index in [1.807, 2.05) is 20.8 Å². The summed E-state index contributed by atoms with van der Waals surface area (Å²) < 4.78 is 10.9. The molecule has 1 saturated heterocycles. The number of amides is 1. The van der Waals surface area contributed by atoms with Gasteiger partial charge in [0.1, 0.15) is 11.4 Å². The Kier molecular flexibility index (Phi) is 5.19. The first-order valence-electron chi connectivity index (χ1n) is 7.22. The summed E-state index contributed by atoms with van der Waals surface area (Å²) in [6, 6.07) is -0.0245. The summed E-state index contributed by atoms with van der Waals surface area (Å²) in [5, 5.41) is 3.28. The number of carbonyl (C=O) groups excluding carboxylic acids is 1. The van der Waals surface area contributed by atoms with Gasteiger partial charge in [0.2, 0.25) is 0 Å². The first-order valence-corrected chi connectivity index (χ1v) is 7.22. The van der Waals surface area contributed by atoms with E-state index in [-0.39, 0.29) is 12.1 Å². The number of rotatable bonds is 4. The fraction of sp³-hybridized carbons (Fsp3) is 0.714. The monoisotopic (exact) mass is 296 g/mol. The van der Waals surface area contributed by atoms with Crippen LogP contribution in [0.2, 0.25) is 0 Å². The van der Waals surface area contributed by atoms with E-state index in [1.165, 1.54) is 0 Å². The summed E-state index contributed by atoms with van der Waals surface area (Å²) in [7, 11) is 0. The summed E-state index contributed by atoms with van der Waals surface area (Å²) in [4.78, 5) is 21.1. The maximum absolute atomic E-state index is 12.2. The van der Waals surface area contributed by atoms with E-state index >= 15 is 0 Å². The van der Waals surface area contributed by atoms with Gasteiger partial charge in [0.25, 0.3) is 0 Å². The minimum Gasteiger partial charge on any atom is -0.444 e. The van der Waals surface area contributed by atoms with Crippen LogP contribution in [-0.2, 0) is 16.0 Å². The Labute approximate surface area is 125 Å². The quantitative estimate of drug-likeness (QED) is 0.871. The van der Waals surface area contributed by atoms with Crippen molar-refractivity contribution in [1.29, 1.82) is 0 Å². The number of nitrogens with zero attached hydrogens (tertiary/aromatic N) is 2. The van der Waals surface area contributed by atoms with Crippen molar-refractivity contribution in [2.75, 3.05) is 26.3 Å². The highest BCUT2D eigenvalue weighted by Crippen LogP contribution is 2.14. The van der Waals surface area contributed by atoms with Crippen molar-refractivity contribution in [3.8, 4) is 0 Å². The van der Waals surface area contributed by atoms with E-state index in [4.69, 9.17) is 9.47 Å². The summed E-state index contributed by atoms with van der Waals surface area (Å²) in [5.74, 6) is 0.871. The van der Waals surface area contributed by atoms with Crippen LogP contribution in [0.5, 0.6) is 0 Å². The van der Waals surface area contributed by atoms with Crippen LogP contribution in [0.1, 0.15) is 26.6 Å². The summed E-state index contributed by atoms with van der Waals surface area (Å²) in [6.07, 6.45) is 3.22. The fourth-order valence-electron chi connectivity index (χ4n) is 2.14. The summed E-state index contributed by atoms with van der Waals surface area (Å²) >= 11 is 0. The molecular formula is C14H24N4O3. The van der Waals surface area contributed by atoms with E-state index in [0.717, 1.165) is 5.82 Å². The molecule has 7 nitrogen and oxygen atoms in total. The molecule has 21 heavy (non-hydrogen) atoms. The Bertz CT molecular complexity index is 442. The van der Waals surface area contributed by atoms with Gasteiger partial charge < -0.3 is 19.8 Å². The lowest BCUT2D eigenvalue weighted by Crippen LogP contribution is -2.54. The van der Waals surface area contributed by atoms with E-state index < -0.39 is 5.60 Å². The number of imidazole rings is 1. The number of H-pyrrole nitrogens is 1. The maximum atomic E-state index is 12.2. The van der Waals surface area contributed by atoms with Crippen LogP contribution < -0.4 is 5.32 Å². The number of nitrogens with one attached hydrogen (secondary N) is 2. The van der Waals surface area contributed by atoms with Crippen molar-refractivity contribution in [1.82, 2.24) is 20.2 Å². The largest absolute Gasteiger partial charge is 0.444 e. The lowest BCUT2D eigenvalue weighted by atomic mass is 10.2. The molecule has 1 atom stereocenters. The Balaban J connectivity index is 1.84. The van der Waals surface area contributed by atoms with Gasteiger partial charge in [-0.15, -0.1) is 0 Å². The molecule has 1 aliphatic heterocycles. The van der Waals surface area contributed by atoms with Crippen LogP contribution in [0.3, 0.4) is 0 Å². The van der Waals surface area contributed by atoms with Crippen molar-refractivity contribution in [3.63, 3.8) is 0 Å². The predicted molar refractivity (Wildman–Crippen MR) is 77.8 cm³/mol. The summed E-state index contributed by atoms with van der Waals surface area (Å²) in [5.41, 5.74) is -0.485. The van der Waals surface area contributed by atoms with Gasteiger partial charge in [-0.05, 0) is 20.8 Å². The van der Waals surface area contributed by atoms with Gasteiger partial charge in [0, 0.05) is 25.5 Å². The van der Waals surface area contributed by atoms with Crippen molar-refractivity contribution in [2.45, 2.75) is 39.0 Å². The zero-order valence-corrected chi connectivity index (χ0v) is 12.9. The third kappa shape index (κ3) is 5.02. The zero-order chi connectivity index (χ0) is 15.3. The van der Waals surface area contributed by atoms with Gasteiger partial charge in [-0.25, -0.2) is 9.78 Å². The topological polar surface area (TPSA) is 79.5 Å². The molecule has 1 amide bonds. The van der Waals surface area contributed by atoms with Gasteiger partial charge in [0.05, 0.1) is 25.8 Å². The SMILES string of the molecule is CC(C)(C)OC(=O)N1CCOCC1CNCc1ncc[nH]1. The molecule has 0 saturated carbocycles. The van der Waals surface area contributed by atoms with Crippen molar-refractivity contribution < 1.29 is 14.3 Å². The Hall–Kier alpha value is -1.60. The van der Waals surface area contributed by atoms with Gasteiger partial charge in [0.15, 0.2) is 0 Å². The second kappa shape index (κ2) is 6.91. The number of aromatic amines is 1. The van der Waals surface area contributed by atoms with Crippen LogP contribution in [0.15, 0.2) is 12.4 Å². The molecule has 0 bridgehead atoms. The number of ether oxygens (including phenoxy) is 2. The average Bonchev–Trinajstić information content (AvgIpc) is 2.90. The minimum atomic E-state index is -0.485. The third-order valence-electron chi connectivity index (χ3n) is 3.08. The smallest absolute Gasteiger partial charge is 0.410 e. The normalized spacial score (nSPS) is 19.6. The Morgan fingerprint density at radius 2 is 2.43 bits per heavy atom. The number of morpholine rings is 1. The molecule has 2 rings (SSSR count). The first-order chi connectivity index (χ1) is 9.96. The second-order valence-electron chi connectivity index (χ2n) is 6.07. The van der Waals surface area contributed by atoms with Crippen molar-refractivity contribution >= 4 is 6.09 Å². The van der Waals surface area contributed by atoms with Crippen LogP contribution in [0, 0.1) is 0 Å². The molecule has 1 aliphatic rings. The molecule has 2 N–H and O–H groups in total. The van der Waals surface area contributed by atoms with Crippen LogP contribution in [-0.4, -0.2) is 58.9 Å². The van der Waals surface area contributed by atoms with Gasteiger partial charge in [-0.3, -0.25) is 4.90 Å². The van der Waals surface area contributed by atoms with E-state index in [0.29, 0.717) is 32.8 Å². The molecule has 2 heterocycles. The lowest BCUT2D eigenvalue weighted by Gasteiger charge is -2.36.